The second-order valence-corrected chi connectivity index (χ2v) is 41.8. The molecular weight excluding hydrogens is 1660 g/mol. The molecule has 0 aromatic heterocycles. The van der Waals surface area contributed by atoms with E-state index >= 15 is 0 Å². The van der Waals surface area contributed by atoms with Crippen molar-refractivity contribution >= 4 is 77.6 Å². The highest BCUT2D eigenvalue weighted by Crippen LogP contribution is 2.68. The standard InChI is InChI=1S/C9H9F3O2.C9H9NO2.C9H16O4.C9H12O2.C8H16O3.3C8H10O2.4C7H14O2/c10-9(11,12)8-3-4-1-5(8)6(2-4)14-7(8)13;10-4-9-3-5-1-6(9)7(2-5)12-8(9)11;1-5-9(2,3)8(11)13-6-7(10)12-4;10-9-4-6-1-5-2-7(6)8(3-5)11-9;1-5-8(2,3)7(9)11-6-10-4;3*9-8-6-2-4-1-5(6)7(3-4)10-8;4*1-5-7(2,3)6(8)9-4/h4-6H,1-3H2;5-7H,1-3H2;5-6H2,1-4H3;5-8H,1-4H2;5-6H2,1-4H3;3*4-7H,1-3H2;4*5H2,1-4H3. The molecule has 24 unspecified atom stereocenters. The lowest BCUT2D eigenvalue weighted by atomic mass is 9.74. The number of fused-ring (bicyclic) bond motifs is 6. The number of ether oxygens (including phenoxy) is 14. The van der Waals surface area contributed by atoms with Crippen LogP contribution in [-0.2, 0) is 129 Å². The summed E-state index contributed by atoms with van der Waals surface area (Å²) in [7, 11) is 8.41. The molecule has 0 amide bonds. The van der Waals surface area contributed by atoms with E-state index in [-0.39, 0.29) is 125 Å². The number of alkyl halides is 3. The van der Waals surface area contributed by atoms with Crippen molar-refractivity contribution in [3.05, 3.63) is 0 Å². The fourth-order valence-electron chi connectivity index (χ4n) is 21.3. The summed E-state index contributed by atoms with van der Waals surface area (Å²) in [5.41, 5.74) is -5.03. The second-order valence-electron chi connectivity index (χ2n) is 41.8. The van der Waals surface area contributed by atoms with Gasteiger partial charge in [0, 0.05) is 43.1 Å². The lowest BCUT2D eigenvalue weighted by Crippen LogP contribution is -2.45. The van der Waals surface area contributed by atoms with Crippen molar-refractivity contribution in [1.29, 1.82) is 5.26 Å². The highest BCUT2D eigenvalue weighted by Gasteiger charge is 2.77. The SMILES string of the molecule is CCC(C)(C)C(=O)OC.CCC(C)(C)C(=O)OC.CCC(C)(C)C(=O)OC.CCC(C)(C)C(=O)OC.CCC(C)(C)C(=O)OCC(=O)OC.CCC(C)(C)C(=O)OCOC.N#CC12CC3CC(OC1=O)C2C3.O=C1CC2CC3CC(O1)C2C3.O=C1OC2CC3CC1C2C3.O=C1OC2CC3CC1C2C3.O=C1OC2CC3CC1C2C3.O=C1OC2CC3CC2C1(C(F)(F)F)C3. The molecule has 18 fully saturated rings. The molecule has 0 spiro atoms. The van der Waals surface area contributed by atoms with Crippen molar-refractivity contribution in [3.8, 4) is 6.07 Å². The van der Waals surface area contributed by atoms with E-state index in [0.717, 1.165) is 126 Å². The first-order chi connectivity index (χ1) is 59.2. The first-order valence-corrected chi connectivity index (χ1v) is 46.2. The molecule has 28 nitrogen and oxygen atoms in total. The summed E-state index contributed by atoms with van der Waals surface area (Å²) in [5, 5.41) is 8.98. The van der Waals surface area contributed by atoms with Gasteiger partial charge < -0.3 is 66.3 Å². The van der Waals surface area contributed by atoms with E-state index in [1.54, 1.807) is 13.8 Å². The zero-order valence-electron chi connectivity index (χ0n) is 79.9. The van der Waals surface area contributed by atoms with Gasteiger partial charge in [0.1, 0.15) is 36.6 Å². The van der Waals surface area contributed by atoms with Gasteiger partial charge in [0.15, 0.2) is 24.2 Å². The van der Waals surface area contributed by atoms with Crippen LogP contribution in [0.4, 0.5) is 13.2 Å². The van der Waals surface area contributed by atoms with Crippen LogP contribution in [0.25, 0.3) is 0 Å². The monoisotopic (exact) mass is 1800 g/mol. The van der Waals surface area contributed by atoms with Crippen molar-refractivity contribution < 1.29 is 142 Å². The predicted molar refractivity (Wildman–Crippen MR) is 453 cm³/mol. The van der Waals surface area contributed by atoms with Crippen LogP contribution in [0.1, 0.15) is 285 Å². The summed E-state index contributed by atoms with van der Waals surface area (Å²) >= 11 is 0. The molecule has 0 aromatic rings. The Morgan fingerprint density at radius 1 is 0.370 bits per heavy atom. The van der Waals surface area contributed by atoms with Gasteiger partial charge in [0.25, 0.3) is 0 Å². The number of carbonyl (C=O) groups is 13. The Morgan fingerprint density at radius 3 is 0.969 bits per heavy atom. The number of hydrogen-bond donors (Lipinski definition) is 0. The van der Waals surface area contributed by atoms with Crippen LogP contribution in [0.3, 0.4) is 0 Å². The van der Waals surface area contributed by atoms with Crippen LogP contribution in [0.15, 0.2) is 0 Å². The quantitative estimate of drug-likeness (QED) is 0.0787. The molecule has 18 aliphatic rings. The summed E-state index contributed by atoms with van der Waals surface area (Å²) in [6.07, 6.45) is 20.3. The van der Waals surface area contributed by atoms with E-state index in [1.165, 1.54) is 74.8 Å². The first kappa shape index (κ1) is 106. The van der Waals surface area contributed by atoms with Gasteiger partial charge in [0.05, 0.1) is 91.9 Å². The molecule has 12 saturated carbocycles. The summed E-state index contributed by atoms with van der Waals surface area (Å²) in [6.45, 7) is 33.7. The van der Waals surface area contributed by atoms with Crippen LogP contribution in [0.5, 0.6) is 0 Å². The molecule has 12 bridgehead atoms. The Balaban J connectivity index is 0.000000190. The maximum absolute atomic E-state index is 12.9. The van der Waals surface area contributed by atoms with Gasteiger partial charge in [0.2, 0.25) is 0 Å². The molecule has 6 aliphatic heterocycles. The summed E-state index contributed by atoms with van der Waals surface area (Å²) in [5.74, 6) is 5.24. The zero-order valence-corrected chi connectivity index (χ0v) is 79.9. The lowest BCUT2D eigenvalue weighted by Gasteiger charge is -2.33. The predicted octanol–water partition coefficient (Wildman–Crippen LogP) is 16.1. The Hall–Kier alpha value is -7.65. The minimum Gasteiger partial charge on any atom is -0.469 e. The van der Waals surface area contributed by atoms with Crippen molar-refractivity contribution in [2.75, 3.05) is 56.1 Å². The first-order valence-electron chi connectivity index (χ1n) is 46.2. The molecule has 18 rings (SSSR count). The van der Waals surface area contributed by atoms with Crippen molar-refractivity contribution in [2.45, 2.75) is 328 Å². The summed E-state index contributed by atoms with van der Waals surface area (Å²) in [6, 6.07) is 2.18. The highest BCUT2D eigenvalue weighted by atomic mass is 19.4. The van der Waals surface area contributed by atoms with Gasteiger partial charge in [-0.3, -0.25) is 57.5 Å². The molecule has 127 heavy (non-hydrogen) atoms. The van der Waals surface area contributed by atoms with Crippen LogP contribution in [0, 0.1) is 149 Å². The van der Waals surface area contributed by atoms with E-state index in [9.17, 15) is 75.5 Å². The Labute approximate surface area is 749 Å². The fraction of sp³-hybridized carbons (Fsp3) is 0.854. The minimum atomic E-state index is -4.43. The van der Waals surface area contributed by atoms with Crippen molar-refractivity contribution in [2.24, 2.45) is 138 Å². The molecule has 31 heteroatoms. The van der Waals surface area contributed by atoms with E-state index in [2.05, 4.69) is 34.5 Å². The van der Waals surface area contributed by atoms with Gasteiger partial charge in [-0.15, -0.1) is 0 Å². The minimum absolute atomic E-state index is 0.0399. The number of carbonyl (C=O) groups excluding carboxylic acids is 13. The van der Waals surface area contributed by atoms with Crippen LogP contribution < -0.4 is 0 Å². The van der Waals surface area contributed by atoms with Crippen molar-refractivity contribution in [3.63, 3.8) is 0 Å². The number of nitriles is 1. The van der Waals surface area contributed by atoms with E-state index < -0.39 is 51.8 Å². The summed E-state index contributed by atoms with van der Waals surface area (Å²) < 4.78 is 106. The average molecular weight is 1810 g/mol. The second kappa shape index (κ2) is 43.6. The smallest absolute Gasteiger partial charge is 0.405 e. The Bertz CT molecular complexity index is 3680. The number of methoxy groups -OCH3 is 6. The topological polar surface area (TPSA) is 375 Å². The van der Waals surface area contributed by atoms with Gasteiger partial charge in [-0.1, -0.05) is 41.5 Å². The third-order valence-electron chi connectivity index (χ3n) is 31.4. The van der Waals surface area contributed by atoms with Gasteiger partial charge >= 0.3 is 83.8 Å². The molecule has 6 saturated heterocycles. The van der Waals surface area contributed by atoms with Crippen LogP contribution >= 0.6 is 0 Å². The molecule has 0 radical (unpaired) electrons. The fourth-order valence-corrected chi connectivity index (χ4v) is 21.3. The number of esters is 13. The maximum Gasteiger partial charge on any atom is 0.405 e. The average Bonchev–Trinajstić information content (AvgIpc) is 1.54. The number of rotatable bonds is 16. The molecular formula is C96H148F3NO27. The lowest BCUT2D eigenvalue weighted by molar-refractivity contribution is -0.229. The van der Waals surface area contributed by atoms with Crippen LogP contribution in [0.2, 0.25) is 0 Å². The third-order valence-corrected chi connectivity index (χ3v) is 31.4. The highest BCUT2D eigenvalue weighted by molar-refractivity contribution is 5.85. The number of hydrogen-bond acceptors (Lipinski definition) is 28. The molecule has 6 heterocycles. The molecule has 0 aromatic carbocycles. The molecule has 0 N–H and O–H groups in total. The Morgan fingerprint density at radius 2 is 0.693 bits per heavy atom. The largest absolute Gasteiger partial charge is 0.469 e. The zero-order chi connectivity index (χ0) is 95.4. The molecule has 24 atom stereocenters. The van der Waals surface area contributed by atoms with E-state index in [1.807, 2.05) is 111 Å². The maximum atomic E-state index is 12.9. The van der Waals surface area contributed by atoms with Gasteiger partial charge in [-0.25, -0.2) is 4.79 Å². The number of nitrogens with zero attached hydrogens (tertiary/aromatic N) is 1. The third kappa shape index (κ3) is 24.6. The van der Waals surface area contributed by atoms with E-state index in [4.69, 9.17) is 43.2 Å². The summed E-state index contributed by atoms with van der Waals surface area (Å²) in [4.78, 5) is 143. The Kier molecular flexibility index (Phi) is 36.5. The normalized spacial score (nSPS) is 33.6. The van der Waals surface area contributed by atoms with Crippen molar-refractivity contribution in [1.82, 2.24) is 0 Å². The molecule has 720 valence electrons. The number of halogens is 3. The van der Waals surface area contributed by atoms with Gasteiger partial charge in [-0.05, 0) is 285 Å². The van der Waals surface area contributed by atoms with Crippen LogP contribution in [-0.4, -0.2) is 176 Å². The molecule has 12 aliphatic carbocycles. The van der Waals surface area contributed by atoms with E-state index in [0.29, 0.717) is 97.4 Å². The van der Waals surface area contributed by atoms with Gasteiger partial charge in [-0.2, -0.15) is 18.4 Å².